The third-order valence-corrected chi connectivity index (χ3v) is 3.38. The number of rotatable bonds is 7. The van der Waals surface area contributed by atoms with Crippen LogP contribution in [0.5, 0.6) is 5.75 Å². The Bertz CT molecular complexity index is 468. The predicted octanol–water partition coefficient (Wildman–Crippen LogP) is 2.14. The van der Waals surface area contributed by atoms with Crippen molar-refractivity contribution in [2.75, 3.05) is 6.61 Å². The number of carbonyl (C=O) groups excluding carboxylic acids is 1. The van der Waals surface area contributed by atoms with E-state index in [1.165, 1.54) is 18.4 Å². The maximum atomic E-state index is 11.6. The second-order valence-corrected chi connectivity index (χ2v) is 5.82. The number of aryl methyl sites for hydroxylation is 1. The van der Waals surface area contributed by atoms with Crippen LogP contribution in [0.2, 0.25) is 0 Å². The van der Waals surface area contributed by atoms with Crippen molar-refractivity contribution >= 4 is 5.91 Å². The lowest BCUT2D eigenvalue weighted by molar-refractivity contribution is -0.121. The Morgan fingerprint density at radius 2 is 2.25 bits per heavy atom. The first-order valence-corrected chi connectivity index (χ1v) is 7.29. The van der Waals surface area contributed by atoms with Crippen molar-refractivity contribution in [2.45, 2.75) is 45.7 Å². The van der Waals surface area contributed by atoms with E-state index in [1.54, 1.807) is 0 Å². The number of nitrogens with one attached hydrogen (secondary N) is 1. The van der Waals surface area contributed by atoms with Crippen LogP contribution in [0, 0.1) is 12.8 Å². The Morgan fingerprint density at radius 1 is 1.50 bits per heavy atom. The van der Waals surface area contributed by atoms with Gasteiger partial charge in [-0.3, -0.25) is 4.79 Å². The molecule has 110 valence electrons. The second kappa shape index (κ2) is 6.75. The molecule has 1 aliphatic carbocycles. The number of ether oxygens (including phenoxy) is 1. The largest absolute Gasteiger partial charge is 0.493 e. The monoisotopic (exact) mass is 276 g/mol. The molecule has 4 nitrogen and oxygen atoms in total. The molecule has 1 amide bonds. The van der Waals surface area contributed by atoms with Gasteiger partial charge in [0.05, 0.1) is 6.61 Å². The van der Waals surface area contributed by atoms with E-state index >= 15 is 0 Å². The van der Waals surface area contributed by atoms with Crippen LogP contribution in [0.15, 0.2) is 18.2 Å². The Labute approximate surface area is 120 Å². The zero-order valence-electron chi connectivity index (χ0n) is 12.3. The topological polar surface area (TPSA) is 64.4 Å². The Kier molecular flexibility index (Phi) is 5.01. The number of benzene rings is 1. The fourth-order valence-corrected chi connectivity index (χ4v) is 1.99. The summed E-state index contributed by atoms with van der Waals surface area (Å²) in [4.78, 5) is 11.6. The van der Waals surface area contributed by atoms with Crippen LogP contribution in [0.3, 0.4) is 0 Å². The molecule has 1 aromatic rings. The van der Waals surface area contributed by atoms with Gasteiger partial charge in [-0.1, -0.05) is 12.1 Å². The summed E-state index contributed by atoms with van der Waals surface area (Å²) < 4.78 is 5.88. The third-order valence-electron chi connectivity index (χ3n) is 3.38. The van der Waals surface area contributed by atoms with Crippen LogP contribution in [0.25, 0.3) is 0 Å². The van der Waals surface area contributed by atoms with Crippen LogP contribution < -0.4 is 15.8 Å². The van der Waals surface area contributed by atoms with Crippen molar-refractivity contribution in [3.05, 3.63) is 29.3 Å². The summed E-state index contributed by atoms with van der Waals surface area (Å²) in [7, 11) is 0. The summed E-state index contributed by atoms with van der Waals surface area (Å²) in [5.41, 5.74) is 7.80. The van der Waals surface area contributed by atoms with E-state index in [0.29, 0.717) is 13.0 Å². The molecule has 1 fully saturated rings. The zero-order chi connectivity index (χ0) is 14.5. The molecule has 4 heteroatoms. The highest BCUT2D eigenvalue weighted by molar-refractivity contribution is 5.76. The molecule has 0 radical (unpaired) electrons. The molecule has 0 aromatic heterocycles. The van der Waals surface area contributed by atoms with Gasteiger partial charge in [-0.2, -0.15) is 0 Å². The van der Waals surface area contributed by atoms with E-state index in [2.05, 4.69) is 5.32 Å². The standard InChI is InChI=1S/C16H24N2O2/c1-11-3-6-14(9-18-16(19)8-12(2)17)15(7-11)20-10-13-4-5-13/h3,6-7,12-13H,4-5,8-10,17H2,1-2H3,(H,18,19). The molecule has 0 spiro atoms. The fourth-order valence-electron chi connectivity index (χ4n) is 1.99. The van der Waals surface area contributed by atoms with Crippen molar-refractivity contribution in [3.63, 3.8) is 0 Å². The van der Waals surface area contributed by atoms with E-state index in [0.717, 1.165) is 23.8 Å². The molecule has 1 unspecified atom stereocenters. The van der Waals surface area contributed by atoms with Crippen molar-refractivity contribution in [2.24, 2.45) is 11.7 Å². The summed E-state index contributed by atoms with van der Waals surface area (Å²) in [6, 6.07) is 5.98. The molecule has 2 rings (SSSR count). The van der Waals surface area contributed by atoms with Crippen LogP contribution in [-0.2, 0) is 11.3 Å². The lowest BCUT2D eigenvalue weighted by atomic mass is 10.1. The molecule has 1 aromatic carbocycles. The number of amides is 1. The van der Waals surface area contributed by atoms with Crippen molar-refractivity contribution in [1.29, 1.82) is 0 Å². The Hall–Kier alpha value is -1.55. The third kappa shape index (κ3) is 4.85. The summed E-state index contributed by atoms with van der Waals surface area (Å²) in [6.07, 6.45) is 2.89. The van der Waals surface area contributed by atoms with Crippen LogP contribution in [0.4, 0.5) is 0 Å². The molecule has 1 atom stereocenters. The number of hydrogen-bond acceptors (Lipinski definition) is 3. The molecule has 0 saturated heterocycles. The lowest BCUT2D eigenvalue weighted by Gasteiger charge is -2.13. The van der Waals surface area contributed by atoms with Crippen molar-refractivity contribution < 1.29 is 9.53 Å². The van der Waals surface area contributed by atoms with Gasteiger partial charge in [0.25, 0.3) is 0 Å². The average Bonchev–Trinajstić information content (AvgIpc) is 3.18. The SMILES string of the molecule is Cc1ccc(CNC(=O)CC(C)N)c(OCC2CC2)c1. The molecule has 1 aliphatic rings. The molecule has 0 aliphatic heterocycles. The summed E-state index contributed by atoms with van der Waals surface area (Å²) in [5.74, 6) is 1.59. The number of hydrogen-bond donors (Lipinski definition) is 2. The van der Waals surface area contributed by atoms with E-state index in [4.69, 9.17) is 10.5 Å². The van der Waals surface area contributed by atoms with E-state index in [-0.39, 0.29) is 11.9 Å². The second-order valence-electron chi connectivity index (χ2n) is 5.82. The quantitative estimate of drug-likeness (QED) is 0.802. The van der Waals surface area contributed by atoms with E-state index in [1.807, 2.05) is 32.0 Å². The first-order chi connectivity index (χ1) is 9.54. The van der Waals surface area contributed by atoms with Crippen LogP contribution in [-0.4, -0.2) is 18.6 Å². The van der Waals surface area contributed by atoms with Crippen LogP contribution >= 0.6 is 0 Å². The lowest BCUT2D eigenvalue weighted by Crippen LogP contribution is -2.29. The van der Waals surface area contributed by atoms with Gasteiger partial charge in [-0.15, -0.1) is 0 Å². The molecular weight excluding hydrogens is 252 g/mol. The Balaban J connectivity index is 1.92. The minimum absolute atomic E-state index is 0.0197. The normalized spacial score (nSPS) is 15.8. The van der Waals surface area contributed by atoms with E-state index < -0.39 is 0 Å². The van der Waals surface area contributed by atoms with Gasteiger partial charge in [-0.25, -0.2) is 0 Å². The maximum Gasteiger partial charge on any atom is 0.221 e. The van der Waals surface area contributed by atoms with Gasteiger partial charge in [-0.05, 0) is 44.2 Å². The molecule has 0 heterocycles. The molecule has 1 saturated carbocycles. The molecule has 20 heavy (non-hydrogen) atoms. The summed E-state index contributed by atoms with van der Waals surface area (Å²) in [5, 5.41) is 2.89. The van der Waals surface area contributed by atoms with Gasteiger partial charge in [0.2, 0.25) is 5.91 Å². The number of nitrogens with two attached hydrogens (primary N) is 1. The number of carbonyl (C=O) groups is 1. The summed E-state index contributed by atoms with van der Waals surface area (Å²) in [6.45, 7) is 5.15. The van der Waals surface area contributed by atoms with Gasteiger partial charge in [0.15, 0.2) is 0 Å². The molecular formula is C16H24N2O2. The van der Waals surface area contributed by atoms with E-state index in [9.17, 15) is 4.79 Å². The molecule has 3 N–H and O–H groups in total. The molecule has 0 bridgehead atoms. The van der Waals surface area contributed by atoms with Gasteiger partial charge >= 0.3 is 0 Å². The summed E-state index contributed by atoms with van der Waals surface area (Å²) >= 11 is 0. The highest BCUT2D eigenvalue weighted by Gasteiger charge is 2.22. The minimum Gasteiger partial charge on any atom is -0.493 e. The van der Waals surface area contributed by atoms with Gasteiger partial charge in [0.1, 0.15) is 5.75 Å². The van der Waals surface area contributed by atoms with Crippen molar-refractivity contribution in [3.8, 4) is 5.75 Å². The predicted molar refractivity (Wildman–Crippen MR) is 79.5 cm³/mol. The smallest absolute Gasteiger partial charge is 0.221 e. The zero-order valence-corrected chi connectivity index (χ0v) is 12.3. The van der Waals surface area contributed by atoms with Gasteiger partial charge < -0.3 is 15.8 Å². The fraction of sp³-hybridized carbons (Fsp3) is 0.562. The van der Waals surface area contributed by atoms with Gasteiger partial charge in [0, 0.05) is 24.6 Å². The highest BCUT2D eigenvalue weighted by atomic mass is 16.5. The van der Waals surface area contributed by atoms with Crippen molar-refractivity contribution in [1.82, 2.24) is 5.32 Å². The minimum atomic E-state index is -0.112. The highest BCUT2D eigenvalue weighted by Crippen LogP contribution is 2.30. The first kappa shape index (κ1) is 14.9. The average molecular weight is 276 g/mol. The first-order valence-electron chi connectivity index (χ1n) is 7.29. The Morgan fingerprint density at radius 3 is 2.90 bits per heavy atom. The maximum absolute atomic E-state index is 11.6. The van der Waals surface area contributed by atoms with Crippen LogP contribution in [0.1, 0.15) is 37.3 Å².